The van der Waals surface area contributed by atoms with Gasteiger partial charge in [-0.25, -0.2) is 0 Å². The maximum atomic E-state index is 5.27. The zero-order chi connectivity index (χ0) is 14.8. The van der Waals surface area contributed by atoms with Crippen molar-refractivity contribution in [2.24, 2.45) is 5.92 Å². The molecule has 0 bridgehead atoms. The van der Waals surface area contributed by atoms with E-state index in [9.17, 15) is 0 Å². The normalized spacial score (nSPS) is 11.5. The summed E-state index contributed by atoms with van der Waals surface area (Å²) in [5.41, 5.74) is 3.40. The Kier molecular flexibility index (Phi) is 9.00. The lowest BCUT2D eigenvalue weighted by molar-refractivity contribution is 0.356. The largest absolute Gasteiger partial charge is 0.309 e. The summed E-state index contributed by atoms with van der Waals surface area (Å²) in [7, 11) is 4.25. The molecule has 0 aliphatic carbocycles. The van der Waals surface area contributed by atoms with Crippen LogP contribution in [0, 0.1) is 32.1 Å². The SMILES string of the molecule is C#Cc1cc(C)ccc1C.CCC(C)CCN(C)C. The smallest absolute Gasteiger partial charge is 0.0274 e. The molecule has 1 unspecified atom stereocenters. The van der Waals surface area contributed by atoms with Crippen LogP contribution in [0.2, 0.25) is 0 Å². The minimum atomic E-state index is 0.896. The Morgan fingerprint density at radius 2 is 1.89 bits per heavy atom. The molecule has 0 radical (unpaired) electrons. The molecule has 1 nitrogen and oxygen atoms in total. The number of nitrogens with zero attached hydrogens (tertiary/aromatic N) is 1. The summed E-state index contributed by atoms with van der Waals surface area (Å²) in [6, 6.07) is 6.13. The standard InChI is InChI=1S/C10H10.C8H19N/c1-4-10-7-8(2)5-6-9(10)3;1-5-8(2)6-7-9(3)4/h1,5-7H,2-3H3;8H,5-7H2,1-4H3. The molecule has 0 aliphatic rings. The second-order valence-electron chi connectivity index (χ2n) is 5.57. The van der Waals surface area contributed by atoms with Gasteiger partial charge in [0, 0.05) is 5.56 Å². The zero-order valence-corrected chi connectivity index (χ0v) is 13.5. The first kappa shape index (κ1) is 17.7. The number of terminal acetylenes is 1. The highest BCUT2D eigenvalue weighted by atomic mass is 15.0. The van der Waals surface area contributed by atoms with Crippen molar-refractivity contribution < 1.29 is 0 Å². The van der Waals surface area contributed by atoms with Gasteiger partial charge in [-0.3, -0.25) is 0 Å². The molecule has 0 heterocycles. The van der Waals surface area contributed by atoms with E-state index in [0.717, 1.165) is 11.5 Å². The predicted molar refractivity (Wildman–Crippen MR) is 86.5 cm³/mol. The highest BCUT2D eigenvalue weighted by molar-refractivity contribution is 5.41. The summed E-state index contributed by atoms with van der Waals surface area (Å²) in [6.07, 6.45) is 7.92. The Morgan fingerprint density at radius 3 is 2.32 bits per heavy atom. The van der Waals surface area contributed by atoms with E-state index in [4.69, 9.17) is 6.42 Å². The molecular formula is C18H29N. The van der Waals surface area contributed by atoms with Crippen LogP contribution in [0.4, 0.5) is 0 Å². The molecule has 1 aromatic carbocycles. The van der Waals surface area contributed by atoms with Crippen LogP contribution in [0.15, 0.2) is 18.2 Å². The van der Waals surface area contributed by atoms with E-state index in [2.05, 4.69) is 44.8 Å². The minimum absolute atomic E-state index is 0.896. The van der Waals surface area contributed by atoms with Crippen LogP contribution in [0.3, 0.4) is 0 Å². The fourth-order valence-electron chi connectivity index (χ4n) is 1.57. The molecule has 0 saturated heterocycles. The first-order chi connectivity index (χ1) is 8.90. The van der Waals surface area contributed by atoms with Gasteiger partial charge in [0.1, 0.15) is 0 Å². The Hall–Kier alpha value is -1.26. The number of aryl methyl sites for hydroxylation is 2. The van der Waals surface area contributed by atoms with Crippen molar-refractivity contribution in [3.63, 3.8) is 0 Å². The molecule has 0 spiro atoms. The quantitative estimate of drug-likeness (QED) is 0.730. The van der Waals surface area contributed by atoms with E-state index in [1.807, 2.05) is 26.0 Å². The van der Waals surface area contributed by atoms with Gasteiger partial charge in [-0.15, -0.1) is 6.42 Å². The summed E-state index contributed by atoms with van der Waals surface area (Å²) < 4.78 is 0. The van der Waals surface area contributed by atoms with Crippen LogP contribution in [0.5, 0.6) is 0 Å². The van der Waals surface area contributed by atoms with Crippen LogP contribution in [-0.4, -0.2) is 25.5 Å². The molecule has 1 atom stereocenters. The Bertz CT molecular complexity index is 399. The second-order valence-corrected chi connectivity index (χ2v) is 5.57. The molecule has 0 N–H and O–H groups in total. The van der Waals surface area contributed by atoms with Gasteiger partial charge in [0.05, 0.1) is 0 Å². The number of rotatable bonds is 4. The molecule has 1 heteroatoms. The lowest BCUT2D eigenvalue weighted by Gasteiger charge is -2.12. The third kappa shape index (κ3) is 8.46. The molecule has 0 amide bonds. The number of benzene rings is 1. The molecular weight excluding hydrogens is 230 g/mol. The van der Waals surface area contributed by atoms with Crippen molar-refractivity contribution in [1.82, 2.24) is 4.90 Å². The third-order valence-electron chi connectivity index (χ3n) is 3.31. The van der Waals surface area contributed by atoms with Crippen molar-refractivity contribution in [2.75, 3.05) is 20.6 Å². The van der Waals surface area contributed by atoms with E-state index in [-0.39, 0.29) is 0 Å². The molecule has 1 aromatic rings. The third-order valence-corrected chi connectivity index (χ3v) is 3.31. The fourth-order valence-corrected chi connectivity index (χ4v) is 1.57. The van der Waals surface area contributed by atoms with Crippen molar-refractivity contribution in [3.05, 3.63) is 34.9 Å². The Labute approximate surface area is 120 Å². The highest BCUT2D eigenvalue weighted by Crippen LogP contribution is 2.08. The minimum Gasteiger partial charge on any atom is -0.309 e. The van der Waals surface area contributed by atoms with Crippen molar-refractivity contribution in [2.45, 2.75) is 40.5 Å². The summed E-state index contributed by atoms with van der Waals surface area (Å²) in [4.78, 5) is 2.24. The van der Waals surface area contributed by atoms with Gasteiger partial charge in [-0.05, 0) is 64.0 Å². The van der Waals surface area contributed by atoms with Crippen molar-refractivity contribution in [1.29, 1.82) is 0 Å². The van der Waals surface area contributed by atoms with Crippen molar-refractivity contribution >= 4 is 0 Å². The van der Waals surface area contributed by atoms with Gasteiger partial charge in [0.25, 0.3) is 0 Å². The summed E-state index contributed by atoms with van der Waals surface area (Å²) in [5.74, 6) is 3.53. The number of hydrogen-bond donors (Lipinski definition) is 0. The lowest BCUT2D eigenvalue weighted by atomic mass is 10.1. The van der Waals surface area contributed by atoms with Gasteiger partial charge < -0.3 is 4.90 Å². The van der Waals surface area contributed by atoms with Crippen LogP contribution >= 0.6 is 0 Å². The van der Waals surface area contributed by atoms with Gasteiger partial charge in [-0.1, -0.05) is 38.3 Å². The summed E-state index contributed by atoms with van der Waals surface area (Å²) >= 11 is 0. The molecule has 0 aliphatic heterocycles. The van der Waals surface area contributed by atoms with Crippen LogP contribution in [0.25, 0.3) is 0 Å². The van der Waals surface area contributed by atoms with E-state index in [1.54, 1.807) is 0 Å². The Morgan fingerprint density at radius 1 is 1.26 bits per heavy atom. The predicted octanol–water partition coefficient (Wildman–Crippen LogP) is 4.27. The molecule has 1 rings (SSSR count). The first-order valence-electron chi connectivity index (χ1n) is 7.09. The summed E-state index contributed by atoms with van der Waals surface area (Å²) in [6.45, 7) is 9.85. The van der Waals surface area contributed by atoms with E-state index < -0.39 is 0 Å². The topological polar surface area (TPSA) is 3.24 Å². The van der Waals surface area contributed by atoms with E-state index in [0.29, 0.717) is 0 Å². The lowest BCUT2D eigenvalue weighted by Crippen LogP contribution is -2.15. The average molecular weight is 259 g/mol. The van der Waals surface area contributed by atoms with Gasteiger partial charge in [-0.2, -0.15) is 0 Å². The van der Waals surface area contributed by atoms with Crippen LogP contribution in [-0.2, 0) is 0 Å². The Balaban J connectivity index is 0.000000344. The maximum absolute atomic E-state index is 5.27. The highest BCUT2D eigenvalue weighted by Gasteiger charge is 1.97. The van der Waals surface area contributed by atoms with Gasteiger partial charge in [0.15, 0.2) is 0 Å². The van der Waals surface area contributed by atoms with Gasteiger partial charge in [0.2, 0.25) is 0 Å². The monoisotopic (exact) mass is 259 g/mol. The molecule has 0 saturated carbocycles. The van der Waals surface area contributed by atoms with E-state index >= 15 is 0 Å². The maximum Gasteiger partial charge on any atom is 0.0274 e. The fraction of sp³-hybridized carbons (Fsp3) is 0.556. The molecule has 0 fully saturated rings. The van der Waals surface area contributed by atoms with Gasteiger partial charge >= 0.3 is 0 Å². The van der Waals surface area contributed by atoms with Crippen molar-refractivity contribution in [3.8, 4) is 12.3 Å². The van der Waals surface area contributed by atoms with Crippen LogP contribution < -0.4 is 0 Å². The summed E-state index contributed by atoms with van der Waals surface area (Å²) in [5, 5.41) is 0. The molecule has 106 valence electrons. The second kappa shape index (κ2) is 9.64. The van der Waals surface area contributed by atoms with Crippen LogP contribution in [0.1, 0.15) is 43.4 Å². The first-order valence-corrected chi connectivity index (χ1v) is 7.09. The number of hydrogen-bond acceptors (Lipinski definition) is 1. The zero-order valence-electron chi connectivity index (χ0n) is 13.5. The van der Waals surface area contributed by atoms with E-state index in [1.165, 1.54) is 30.5 Å². The molecule has 0 aromatic heterocycles. The molecule has 19 heavy (non-hydrogen) atoms. The average Bonchev–Trinajstić information content (AvgIpc) is 2.39.